The summed E-state index contributed by atoms with van der Waals surface area (Å²) < 4.78 is 10.2. The number of amides is 1. The molecule has 0 aliphatic heterocycles. The monoisotopic (exact) mass is 256 g/mol. The first-order chi connectivity index (χ1) is 9.19. The normalized spacial score (nSPS) is 9.68. The first-order valence-corrected chi connectivity index (χ1v) is 5.65. The number of carbonyl (C=O) groups excluding carboxylic acids is 1. The maximum Gasteiger partial charge on any atom is 0.258 e. The fourth-order valence-corrected chi connectivity index (χ4v) is 1.55. The molecule has 0 bridgehead atoms. The van der Waals surface area contributed by atoms with Gasteiger partial charge in [0.2, 0.25) is 0 Å². The van der Waals surface area contributed by atoms with Crippen LogP contribution in [0.25, 0.3) is 0 Å². The molecule has 1 N–H and O–H groups in total. The van der Waals surface area contributed by atoms with Crippen molar-refractivity contribution in [3.05, 3.63) is 47.9 Å². The number of rotatable bonds is 4. The van der Waals surface area contributed by atoms with Crippen molar-refractivity contribution in [1.29, 1.82) is 5.26 Å². The molecule has 2 rings (SSSR count). The Kier molecular flexibility index (Phi) is 3.84. The van der Waals surface area contributed by atoms with E-state index in [0.29, 0.717) is 22.8 Å². The van der Waals surface area contributed by atoms with Gasteiger partial charge in [0, 0.05) is 11.8 Å². The molecule has 0 aliphatic carbocycles. The Labute approximate surface area is 110 Å². The SMILES string of the molecule is Cc1cc(C(=O)Nc2cccc(OCC#N)c2)co1. The second kappa shape index (κ2) is 5.74. The Morgan fingerprint density at radius 3 is 3.00 bits per heavy atom. The summed E-state index contributed by atoms with van der Waals surface area (Å²) in [5.41, 5.74) is 1.06. The van der Waals surface area contributed by atoms with Crippen molar-refractivity contribution in [2.24, 2.45) is 0 Å². The van der Waals surface area contributed by atoms with Crippen LogP contribution in [-0.4, -0.2) is 12.5 Å². The van der Waals surface area contributed by atoms with Crippen LogP contribution in [-0.2, 0) is 0 Å². The minimum absolute atomic E-state index is 0.0294. The molecular weight excluding hydrogens is 244 g/mol. The highest BCUT2D eigenvalue weighted by Crippen LogP contribution is 2.18. The number of aryl methyl sites for hydroxylation is 1. The molecule has 0 saturated heterocycles. The van der Waals surface area contributed by atoms with Crippen LogP contribution in [0.2, 0.25) is 0 Å². The number of hydrogen-bond donors (Lipinski definition) is 1. The van der Waals surface area contributed by atoms with Gasteiger partial charge in [-0.25, -0.2) is 0 Å². The molecule has 0 saturated carbocycles. The Morgan fingerprint density at radius 2 is 2.32 bits per heavy atom. The van der Waals surface area contributed by atoms with E-state index in [4.69, 9.17) is 14.4 Å². The van der Waals surface area contributed by atoms with Crippen LogP contribution in [0.1, 0.15) is 16.1 Å². The van der Waals surface area contributed by atoms with E-state index in [1.165, 1.54) is 6.26 Å². The molecule has 2 aromatic rings. The van der Waals surface area contributed by atoms with Gasteiger partial charge < -0.3 is 14.5 Å². The minimum atomic E-state index is -0.255. The van der Waals surface area contributed by atoms with Crippen molar-refractivity contribution in [3.63, 3.8) is 0 Å². The molecule has 5 nitrogen and oxygen atoms in total. The van der Waals surface area contributed by atoms with Crippen LogP contribution >= 0.6 is 0 Å². The highest BCUT2D eigenvalue weighted by atomic mass is 16.5. The third-order valence-corrected chi connectivity index (χ3v) is 2.39. The molecule has 0 unspecified atom stereocenters. The highest BCUT2D eigenvalue weighted by Gasteiger charge is 2.09. The van der Waals surface area contributed by atoms with Gasteiger partial charge in [-0.1, -0.05) is 6.07 Å². The number of carbonyl (C=O) groups is 1. The Balaban J connectivity index is 2.06. The number of anilines is 1. The zero-order valence-electron chi connectivity index (χ0n) is 10.3. The van der Waals surface area contributed by atoms with Crippen molar-refractivity contribution < 1.29 is 13.9 Å². The molecular formula is C14H12N2O3. The van der Waals surface area contributed by atoms with Gasteiger partial charge in [-0.2, -0.15) is 5.26 Å². The van der Waals surface area contributed by atoms with Gasteiger partial charge in [-0.3, -0.25) is 4.79 Å². The minimum Gasteiger partial charge on any atom is -0.479 e. The lowest BCUT2D eigenvalue weighted by molar-refractivity contribution is 0.102. The number of nitriles is 1. The van der Waals surface area contributed by atoms with Crippen molar-refractivity contribution in [1.82, 2.24) is 0 Å². The fourth-order valence-electron chi connectivity index (χ4n) is 1.55. The van der Waals surface area contributed by atoms with E-state index in [-0.39, 0.29) is 12.5 Å². The number of nitrogens with zero attached hydrogens (tertiary/aromatic N) is 1. The average molecular weight is 256 g/mol. The maximum absolute atomic E-state index is 11.9. The predicted molar refractivity (Wildman–Crippen MR) is 68.9 cm³/mol. The number of furan rings is 1. The summed E-state index contributed by atoms with van der Waals surface area (Å²) in [6.07, 6.45) is 1.40. The number of ether oxygens (including phenoxy) is 1. The first-order valence-electron chi connectivity index (χ1n) is 5.65. The molecule has 0 fully saturated rings. The summed E-state index contributed by atoms with van der Waals surface area (Å²) in [6, 6.07) is 10.4. The lowest BCUT2D eigenvalue weighted by atomic mass is 10.2. The number of nitrogens with one attached hydrogen (secondary N) is 1. The topological polar surface area (TPSA) is 75.3 Å². The predicted octanol–water partition coefficient (Wildman–Crippen LogP) is 2.74. The Hall–Kier alpha value is -2.74. The Bertz CT molecular complexity index is 626. The zero-order chi connectivity index (χ0) is 13.7. The average Bonchev–Trinajstić information content (AvgIpc) is 2.83. The lowest BCUT2D eigenvalue weighted by Crippen LogP contribution is -2.10. The fraction of sp³-hybridized carbons (Fsp3) is 0.143. The zero-order valence-corrected chi connectivity index (χ0v) is 10.3. The third kappa shape index (κ3) is 3.36. The van der Waals surface area contributed by atoms with Crippen LogP contribution in [0.3, 0.4) is 0 Å². The summed E-state index contributed by atoms with van der Waals surface area (Å²) >= 11 is 0. The summed E-state index contributed by atoms with van der Waals surface area (Å²) in [5, 5.41) is 11.2. The molecule has 1 amide bonds. The molecule has 5 heteroatoms. The van der Waals surface area contributed by atoms with Gasteiger partial charge in [0.1, 0.15) is 23.8 Å². The molecule has 0 aliphatic rings. The standard InChI is InChI=1S/C14H12N2O3/c1-10-7-11(9-19-10)14(17)16-12-3-2-4-13(8-12)18-6-5-15/h2-4,7-9H,6H2,1H3,(H,16,17). The second-order valence-electron chi connectivity index (χ2n) is 3.87. The van der Waals surface area contributed by atoms with Gasteiger partial charge in [0.25, 0.3) is 5.91 Å². The van der Waals surface area contributed by atoms with Crippen LogP contribution in [0.5, 0.6) is 5.75 Å². The van der Waals surface area contributed by atoms with E-state index in [9.17, 15) is 4.79 Å². The smallest absolute Gasteiger partial charge is 0.258 e. The van der Waals surface area contributed by atoms with Gasteiger partial charge in [0.05, 0.1) is 5.56 Å². The molecule has 0 atom stereocenters. The van der Waals surface area contributed by atoms with Crippen LogP contribution in [0, 0.1) is 18.3 Å². The maximum atomic E-state index is 11.9. The largest absolute Gasteiger partial charge is 0.479 e. The number of benzene rings is 1. The summed E-state index contributed by atoms with van der Waals surface area (Å²) in [5.74, 6) is 0.952. The quantitative estimate of drug-likeness (QED) is 0.912. The molecule has 1 aromatic carbocycles. The highest BCUT2D eigenvalue weighted by molar-refractivity contribution is 6.04. The number of hydrogen-bond acceptors (Lipinski definition) is 4. The van der Waals surface area contributed by atoms with E-state index in [1.54, 1.807) is 37.3 Å². The van der Waals surface area contributed by atoms with Crippen molar-refractivity contribution in [2.75, 3.05) is 11.9 Å². The molecule has 1 heterocycles. The van der Waals surface area contributed by atoms with Crippen molar-refractivity contribution in [3.8, 4) is 11.8 Å². The van der Waals surface area contributed by atoms with E-state index in [0.717, 1.165) is 0 Å². The van der Waals surface area contributed by atoms with Crippen LogP contribution in [0.15, 0.2) is 41.0 Å². The van der Waals surface area contributed by atoms with Gasteiger partial charge in [-0.15, -0.1) is 0 Å². The van der Waals surface area contributed by atoms with Crippen molar-refractivity contribution >= 4 is 11.6 Å². The third-order valence-electron chi connectivity index (χ3n) is 2.39. The summed E-state index contributed by atoms with van der Waals surface area (Å²) in [7, 11) is 0. The van der Waals surface area contributed by atoms with E-state index in [1.807, 2.05) is 6.07 Å². The summed E-state index contributed by atoms with van der Waals surface area (Å²) in [4.78, 5) is 11.9. The molecule has 19 heavy (non-hydrogen) atoms. The lowest BCUT2D eigenvalue weighted by Gasteiger charge is -2.06. The molecule has 0 radical (unpaired) electrons. The van der Waals surface area contributed by atoms with E-state index >= 15 is 0 Å². The van der Waals surface area contributed by atoms with Crippen LogP contribution in [0.4, 0.5) is 5.69 Å². The molecule has 96 valence electrons. The van der Waals surface area contributed by atoms with Gasteiger partial charge in [-0.05, 0) is 25.1 Å². The molecule has 1 aromatic heterocycles. The second-order valence-corrected chi connectivity index (χ2v) is 3.87. The summed E-state index contributed by atoms with van der Waals surface area (Å²) in [6.45, 7) is 1.74. The Morgan fingerprint density at radius 1 is 1.47 bits per heavy atom. The van der Waals surface area contributed by atoms with Crippen LogP contribution < -0.4 is 10.1 Å². The van der Waals surface area contributed by atoms with E-state index in [2.05, 4.69) is 5.32 Å². The van der Waals surface area contributed by atoms with Gasteiger partial charge in [0.15, 0.2) is 6.61 Å². The molecule has 0 spiro atoms. The van der Waals surface area contributed by atoms with E-state index < -0.39 is 0 Å². The van der Waals surface area contributed by atoms with Crippen molar-refractivity contribution in [2.45, 2.75) is 6.92 Å². The van der Waals surface area contributed by atoms with Gasteiger partial charge >= 0.3 is 0 Å². The first kappa shape index (κ1) is 12.7.